The van der Waals surface area contributed by atoms with Gasteiger partial charge in [0.25, 0.3) is 5.56 Å². The highest BCUT2D eigenvalue weighted by Gasteiger charge is 2.34. The summed E-state index contributed by atoms with van der Waals surface area (Å²) in [5.74, 6) is 0. The van der Waals surface area contributed by atoms with Gasteiger partial charge in [0.15, 0.2) is 0 Å². The molecule has 2 aromatic heterocycles. The number of aromatic nitrogens is 3. The summed E-state index contributed by atoms with van der Waals surface area (Å²) < 4.78 is 27.9. The van der Waals surface area contributed by atoms with E-state index >= 15 is 0 Å². The van der Waals surface area contributed by atoms with Crippen molar-refractivity contribution < 1.29 is 8.42 Å². The summed E-state index contributed by atoms with van der Waals surface area (Å²) in [7, 11) is -2.26. The lowest BCUT2D eigenvalue weighted by molar-refractivity contribution is 0.341. The van der Waals surface area contributed by atoms with E-state index in [9.17, 15) is 18.0 Å². The van der Waals surface area contributed by atoms with Crippen LogP contribution >= 0.6 is 11.3 Å². The fraction of sp³-hybridized carbons (Fsp3) is 0.389. The molecule has 1 aliphatic carbocycles. The van der Waals surface area contributed by atoms with Crippen molar-refractivity contribution in [2.75, 3.05) is 7.05 Å². The van der Waals surface area contributed by atoms with Gasteiger partial charge in [-0.3, -0.25) is 9.78 Å². The molecule has 3 aromatic rings. The molecule has 1 aromatic carbocycles. The van der Waals surface area contributed by atoms with Crippen molar-refractivity contribution in [3.8, 4) is 0 Å². The first-order chi connectivity index (χ1) is 13.3. The summed E-state index contributed by atoms with van der Waals surface area (Å²) in [4.78, 5) is 33.8. The fourth-order valence-corrected chi connectivity index (χ4v) is 6.27. The van der Waals surface area contributed by atoms with Crippen LogP contribution in [0, 0.1) is 0 Å². The maximum atomic E-state index is 13.3. The molecule has 8 nitrogen and oxygen atoms in total. The third-order valence-corrected chi connectivity index (χ3v) is 8.30. The molecule has 148 valence electrons. The first-order valence-electron chi connectivity index (χ1n) is 9.04. The molecule has 1 unspecified atom stereocenters. The Balaban J connectivity index is 1.77. The van der Waals surface area contributed by atoms with Gasteiger partial charge in [0.05, 0.1) is 32.5 Å². The van der Waals surface area contributed by atoms with Crippen molar-refractivity contribution in [1.29, 1.82) is 0 Å². The third-order valence-electron chi connectivity index (χ3n) is 5.09. The van der Waals surface area contributed by atoms with Gasteiger partial charge in [0, 0.05) is 11.9 Å². The number of nitrogens with one attached hydrogen (secondary N) is 2. The summed E-state index contributed by atoms with van der Waals surface area (Å²) in [6.07, 6.45) is 3.31. The standard InChI is InChI=1S/C18H20N4O4S2/c1-3-15-19-13-5-4-6-14(16(13)27-15)22(2)28(25,26)10-7-8-12-11(9-10)17(23)21-18(24)20-12/h7-9,14H,3-6H2,1-2H3,(H2,20,21,23,24). The second kappa shape index (κ2) is 6.94. The number of H-pyrrole nitrogens is 2. The van der Waals surface area contributed by atoms with Crippen molar-refractivity contribution in [2.45, 2.75) is 43.5 Å². The highest BCUT2D eigenvalue weighted by Crippen LogP contribution is 2.39. The number of rotatable bonds is 4. The van der Waals surface area contributed by atoms with E-state index in [1.807, 2.05) is 6.92 Å². The number of aromatic amines is 2. The molecule has 2 N–H and O–H groups in total. The zero-order chi connectivity index (χ0) is 20.1. The van der Waals surface area contributed by atoms with E-state index in [4.69, 9.17) is 0 Å². The Labute approximate surface area is 165 Å². The van der Waals surface area contributed by atoms with Gasteiger partial charge in [-0.25, -0.2) is 18.2 Å². The van der Waals surface area contributed by atoms with E-state index in [1.54, 1.807) is 18.4 Å². The average Bonchev–Trinajstić information content (AvgIpc) is 3.10. The molecule has 1 aliphatic rings. The van der Waals surface area contributed by atoms with Crippen LogP contribution in [0.1, 0.15) is 41.4 Å². The molecular formula is C18H20N4O4S2. The monoisotopic (exact) mass is 420 g/mol. The summed E-state index contributed by atoms with van der Waals surface area (Å²) in [6.45, 7) is 2.04. The number of hydrogen-bond donors (Lipinski definition) is 2. The van der Waals surface area contributed by atoms with E-state index in [1.165, 1.54) is 22.5 Å². The molecule has 0 saturated heterocycles. The Morgan fingerprint density at radius 3 is 2.82 bits per heavy atom. The molecule has 0 spiro atoms. The number of aryl methyl sites for hydroxylation is 2. The van der Waals surface area contributed by atoms with Gasteiger partial charge >= 0.3 is 5.69 Å². The topological polar surface area (TPSA) is 116 Å². The maximum Gasteiger partial charge on any atom is 0.326 e. The van der Waals surface area contributed by atoms with E-state index in [0.717, 1.165) is 41.3 Å². The van der Waals surface area contributed by atoms with Gasteiger partial charge in [-0.2, -0.15) is 4.31 Å². The highest BCUT2D eigenvalue weighted by molar-refractivity contribution is 7.89. The van der Waals surface area contributed by atoms with Crippen LogP contribution < -0.4 is 11.2 Å². The van der Waals surface area contributed by atoms with E-state index in [-0.39, 0.29) is 16.3 Å². The van der Waals surface area contributed by atoms with E-state index in [0.29, 0.717) is 5.52 Å². The Bertz CT molecular complexity index is 1270. The predicted molar refractivity (Wildman–Crippen MR) is 107 cm³/mol. The van der Waals surface area contributed by atoms with Crippen LogP contribution in [0.5, 0.6) is 0 Å². The first kappa shape index (κ1) is 19.0. The van der Waals surface area contributed by atoms with Gasteiger partial charge in [-0.05, 0) is 43.9 Å². The van der Waals surface area contributed by atoms with E-state index in [2.05, 4.69) is 15.0 Å². The van der Waals surface area contributed by atoms with Gasteiger partial charge in [0.2, 0.25) is 10.0 Å². The van der Waals surface area contributed by atoms with Crippen LogP contribution in [-0.2, 0) is 22.9 Å². The van der Waals surface area contributed by atoms with Crippen molar-refractivity contribution >= 4 is 32.3 Å². The lowest BCUT2D eigenvalue weighted by Crippen LogP contribution is -2.33. The van der Waals surface area contributed by atoms with Gasteiger partial charge in [0.1, 0.15) is 0 Å². The molecule has 0 fully saturated rings. The molecule has 4 rings (SSSR count). The molecular weight excluding hydrogens is 400 g/mol. The first-order valence-corrected chi connectivity index (χ1v) is 11.3. The number of sulfonamides is 1. The summed E-state index contributed by atoms with van der Waals surface area (Å²) in [5, 5.41) is 1.15. The van der Waals surface area contributed by atoms with Crippen LogP contribution in [0.3, 0.4) is 0 Å². The van der Waals surface area contributed by atoms with Crippen molar-refractivity contribution in [2.24, 2.45) is 0 Å². The molecule has 0 radical (unpaired) electrons. The van der Waals surface area contributed by atoms with Crippen molar-refractivity contribution in [1.82, 2.24) is 19.3 Å². The minimum absolute atomic E-state index is 0.0207. The van der Waals surface area contributed by atoms with Crippen LogP contribution in [0.15, 0.2) is 32.7 Å². The SMILES string of the molecule is CCc1nc2c(s1)C(N(C)S(=O)(=O)c1ccc3[nH]c(=O)[nH]c(=O)c3c1)CCC2. The second-order valence-electron chi connectivity index (χ2n) is 6.82. The molecule has 0 bridgehead atoms. The zero-order valence-corrected chi connectivity index (χ0v) is 17.1. The number of nitrogens with zero attached hydrogens (tertiary/aromatic N) is 2. The Kier molecular flexibility index (Phi) is 4.72. The maximum absolute atomic E-state index is 13.3. The Morgan fingerprint density at radius 2 is 2.07 bits per heavy atom. The predicted octanol–water partition coefficient (Wildman–Crippen LogP) is 1.93. The van der Waals surface area contributed by atoms with Crippen LogP contribution in [-0.4, -0.2) is 34.7 Å². The molecule has 2 heterocycles. The normalized spacial score (nSPS) is 17.2. The zero-order valence-electron chi connectivity index (χ0n) is 15.5. The molecule has 28 heavy (non-hydrogen) atoms. The fourth-order valence-electron chi connectivity index (χ4n) is 3.58. The van der Waals surface area contributed by atoms with Crippen molar-refractivity contribution in [3.63, 3.8) is 0 Å². The summed E-state index contributed by atoms with van der Waals surface area (Å²) >= 11 is 1.58. The average molecular weight is 421 g/mol. The quantitative estimate of drug-likeness (QED) is 0.669. The molecule has 0 aliphatic heterocycles. The third kappa shape index (κ3) is 3.11. The lowest BCUT2D eigenvalue weighted by Gasteiger charge is -2.30. The highest BCUT2D eigenvalue weighted by atomic mass is 32.2. The smallest absolute Gasteiger partial charge is 0.307 e. The van der Waals surface area contributed by atoms with E-state index < -0.39 is 21.3 Å². The van der Waals surface area contributed by atoms with Crippen LogP contribution in [0.2, 0.25) is 0 Å². The second-order valence-corrected chi connectivity index (χ2v) is 9.93. The van der Waals surface area contributed by atoms with Gasteiger partial charge in [-0.15, -0.1) is 11.3 Å². The van der Waals surface area contributed by atoms with Gasteiger partial charge in [-0.1, -0.05) is 6.92 Å². The summed E-state index contributed by atoms with van der Waals surface area (Å²) in [5.41, 5.74) is 0.0448. The Morgan fingerprint density at radius 1 is 1.29 bits per heavy atom. The lowest BCUT2D eigenvalue weighted by atomic mass is 9.98. The largest absolute Gasteiger partial charge is 0.326 e. The number of fused-ring (bicyclic) bond motifs is 2. The number of thiazole rings is 1. The molecule has 10 heteroatoms. The number of hydrogen-bond acceptors (Lipinski definition) is 6. The summed E-state index contributed by atoms with van der Waals surface area (Å²) in [6, 6.07) is 3.90. The van der Waals surface area contributed by atoms with Crippen LogP contribution in [0.4, 0.5) is 0 Å². The Hall–Kier alpha value is -2.30. The van der Waals surface area contributed by atoms with Crippen LogP contribution in [0.25, 0.3) is 10.9 Å². The van der Waals surface area contributed by atoms with Crippen molar-refractivity contribution in [3.05, 3.63) is 54.6 Å². The minimum Gasteiger partial charge on any atom is -0.307 e. The van der Waals surface area contributed by atoms with Gasteiger partial charge < -0.3 is 4.98 Å². The minimum atomic E-state index is -3.83. The molecule has 0 amide bonds. The molecule has 1 atom stereocenters. The number of benzene rings is 1. The molecule has 0 saturated carbocycles.